The Labute approximate surface area is 147 Å². The van der Waals surface area contributed by atoms with E-state index in [1.54, 1.807) is 6.07 Å². The second-order valence-corrected chi connectivity index (χ2v) is 5.92. The SMILES string of the molecule is CCC(C)n1nc(N=C(c2ccccc2)c2ccccc2)ccc1=O. The van der Waals surface area contributed by atoms with Crippen LogP contribution in [0.3, 0.4) is 0 Å². The summed E-state index contributed by atoms with van der Waals surface area (Å²) in [4.78, 5) is 16.8. The van der Waals surface area contributed by atoms with Gasteiger partial charge in [-0.3, -0.25) is 4.79 Å². The first-order valence-corrected chi connectivity index (χ1v) is 8.48. The molecule has 0 spiro atoms. The molecule has 3 aromatic rings. The van der Waals surface area contributed by atoms with Gasteiger partial charge < -0.3 is 0 Å². The highest BCUT2D eigenvalue weighted by Crippen LogP contribution is 2.16. The number of hydrogen-bond acceptors (Lipinski definition) is 3. The van der Waals surface area contributed by atoms with Crippen LogP contribution in [0.1, 0.15) is 37.4 Å². The molecule has 0 aliphatic carbocycles. The van der Waals surface area contributed by atoms with Gasteiger partial charge in [-0.1, -0.05) is 67.6 Å². The van der Waals surface area contributed by atoms with E-state index in [2.05, 4.69) is 5.10 Å². The van der Waals surface area contributed by atoms with E-state index in [1.807, 2.05) is 74.5 Å². The second-order valence-electron chi connectivity index (χ2n) is 5.92. The van der Waals surface area contributed by atoms with E-state index in [1.165, 1.54) is 10.7 Å². The van der Waals surface area contributed by atoms with E-state index >= 15 is 0 Å². The molecule has 0 N–H and O–H groups in total. The Morgan fingerprint density at radius 3 is 2.04 bits per heavy atom. The molecule has 0 bridgehead atoms. The lowest BCUT2D eigenvalue weighted by atomic mass is 10.0. The number of aliphatic imine (C=N–C) groups is 1. The average molecular weight is 331 g/mol. The van der Waals surface area contributed by atoms with Gasteiger partial charge in [0, 0.05) is 17.2 Å². The van der Waals surface area contributed by atoms with Crippen molar-refractivity contribution in [1.29, 1.82) is 0 Å². The summed E-state index contributed by atoms with van der Waals surface area (Å²) in [5.74, 6) is 0.530. The molecule has 1 aromatic heterocycles. The summed E-state index contributed by atoms with van der Waals surface area (Å²) in [6, 6.07) is 23.3. The molecule has 126 valence electrons. The zero-order chi connectivity index (χ0) is 17.6. The fraction of sp³-hybridized carbons (Fsp3) is 0.190. The van der Waals surface area contributed by atoms with Gasteiger partial charge in [0.2, 0.25) is 0 Å². The molecule has 1 heterocycles. The summed E-state index contributed by atoms with van der Waals surface area (Å²) in [6.45, 7) is 4.02. The van der Waals surface area contributed by atoms with E-state index in [0.717, 1.165) is 23.3 Å². The largest absolute Gasteiger partial charge is 0.268 e. The Bertz CT molecular complexity index is 873. The van der Waals surface area contributed by atoms with Crippen LogP contribution >= 0.6 is 0 Å². The van der Waals surface area contributed by atoms with Gasteiger partial charge in [0.1, 0.15) is 0 Å². The molecule has 1 atom stereocenters. The zero-order valence-electron chi connectivity index (χ0n) is 14.5. The summed E-state index contributed by atoms with van der Waals surface area (Å²) in [6.07, 6.45) is 0.838. The van der Waals surface area contributed by atoms with Crippen LogP contribution in [0.25, 0.3) is 0 Å². The lowest BCUT2D eigenvalue weighted by Gasteiger charge is -2.12. The monoisotopic (exact) mass is 331 g/mol. The number of benzene rings is 2. The van der Waals surface area contributed by atoms with Crippen LogP contribution in [0.15, 0.2) is 82.6 Å². The van der Waals surface area contributed by atoms with Crippen molar-refractivity contribution < 1.29 is 0 Å². The summed E-state index contributed by atoms with van der Waals surface area (Å²) >= 11 is 0. The third kappa shape index (κ3) is 3.91. The maximum absolute atomic E-state index is 12.0. The fourth-order valence-corrected chi connectivity index (χ4v) is 2.57. The highest BCUT2D eigenvalue weighted by Gasteiger charge is 2.10. The molecule has 2 aromatic carbocycles. The molecule has 1 unspecified atom stereocenters. The second kappa shape index (κ2) is 7.71. The predicted molar refractivity (Wildman–Crippen MR) is 102 cm³/mol. The topological polar surface area (TPSA) is 47.2 Å². The van der Waals surface area contributed by atoms with Crippen LogP contribution in [-0.2, 0) is 0 Å². The first-order valence-electron chi connectivity index (χ1n) is 8.48. The van der Waals surface area contributed by atoms with Crippen molar-refractivity contribution in [3.05, 3.63) is 94.3 Å². The van der Waals surface area contributed by atoms with Gasteiger partial charge in [0.25, 0.3) is 5.56 Å². The molecular formula is C21H21N3O. The Morgan fingerprint density at radius 2 is 1.52 bits per heavy atom. The molecule has 0 fully saturated rings. The van der Waals surface area contributed by atoms with Gasteiger partial charge in [-0.25, -0.2) is 9.67 Å². The number of nitrogens with zero attached hydrogens (tertiary/aromatic N) is 3. The lowest BCUT2D eigenvalue weighted by molar-refractivity contribution is 0.455. The third-order valence-corrected chi connectivity index (χ3v) is 4.14. The van der Waals surface area contributed by atoms with Crippen molar-refractivity contribution in [2.45, 2.75) is 26.3 Å². The smallest absolute Gasteiger partial charge is 0.267 e. The molecule has 0 aliphatic heterocycles. The standard InChI is InChI=1S/C21H21N3O/c1-3-16(2)24-20(25)15-14-19(23-24)22-21(17-10-6-4-7-11-17)18-12-8-5-9-13-18/h4-16H,3H2,1-2H3. The first-order chi connectivity index (χ1) is 12.2. The Hall–Kier alpha value is -3.01. The highest BCUT2D eigenvalue weighted by molar-refractivity contribution is 6.13. The number of rotatable bonds is 5. The van der Waals surface area contributed by atoms with Gasteiger partial charge in [0.15, 0.2) is 5.82 Å². The summed E-state index contributed by atoms with van der Waals surface area (Å²) in [7, 11) is 0. The Balaban J connectivity index is 2.13. The molecular weight excluding hydrogens is 310 g/mol. The summed E-state index contributed by atoms with van der Waals surface area (Å²) < 4.78 is 1.51. The first kappa shape index (κ1) is 16.8. The minimum atomic E-state index is -0.103. The summed E-state index contributed by atoms with van der Waals surface area (Å²) in [5.41, 5.74) is 2.76. The van der Waals surface area contributed by atoms with Gasteiger partial charge in [-0.2, -0.15) is 0 Å². The van der Waals surface area contributed by atoms with Gasteiger partial charge >= 0.3 is 0 Å². The molecule has 0 amide bonds. The van der Waals surface area contributed by atoms with Crippen LogP contribution in [-0.4, -0.2) is 15.5 Å². The van der Waals surface area contributed by atoms with E-state index in [0.29, 0.717) is 5.82 Å². The van der Waals surface area contributed by atoms with Crippen LogP contribution in [0.4, 0.5) is 5.82 Å². The predicted octanol–water partition coefficient (Wildman–Crippen LogP) is 4.38. The third-order valence-electron chi connectivity index (χ3n) is 4.14. The van der Waals surface area contributed by atoms with Crippen LogP contribution in [0, 0.1) is 0 Å². The van der Waals surface area contributed by atoms with Gasteiger partial charge in [-0.05, 0) is 19.4 Å². The average Bonchev–Trinajstić information content (AvgIpc) is 2.68. The fourth-order valence-electron chi connectivity index (χ4n) is 2.57. The maximum Gasteiger partial charge on any atom is 0.267 e. The van der Waals surface area contributed by atoms with Crippen molar-refractivity contribution in [3.63, 3.8) is 0 Å². The molecule has 4 heteroatoms. The maximum atomic E-state index is 12.0. The number of hydrogen-bond donors (Lipinski definition) is 0. The zero-order valence-corrected chi connectivity index (χ0v) is 14.5. The minimum absolute atomic E-state index is 0.0413. The Kier molecular flexibility index (Phi) is 5.19. The molecule has 4 nitrogen and oxygen atoms in total. The highest BCUT2D eigenvalue weighted by atomic mass is 16.1. The van der Waals surface area contributed by atoms with Crippen molar-refractivity contribution in [1.82, 2.24) is 9.78 Å². The number of aromatic nitrogens is 2. The Morgan fingerprint density at radius 1 is 0.960 bits per heavy atom. The van der Waals surface area contributed by atoms with Crippen LogP contribution < -0.4 is 5.56 Å². The lowest BCUT2D eigenvalue weighted by Crippen LogP contribution is -2.24. The van der Waals surface area contributed by atoms with E-state index in [4.69, 9.17) is 4.99 Å². The van der Waals surface area contributed by atoms with Crippen LogP contribution in [0.2, 0.25) is 0 Å². The van der Waals surface area contributed by atoms with Gasteiger partial charge in [0.05, 0.1) is 11.8 Å². The molecule has 0 saturated carbocycles. The van der Waals surface area contributed by atoms with Crippen LogP contribution in [0.5, 0.6) is 0 Å². The van der Waals surface area contributed by atoms with E-state index in [-0.39, 0.29) is 11.6 Å². The van der Waals surface area contributed by atoms with E-state index in [9.17, 15) is 4.79 Å². The van der Waals surface area contributed by atoms with Crippen molar-refractivity contribution in [3.8, 4) is 0 Å². The normalized spacial score (nSPS) is 11.8. The van der Waals surface area contributed by atoms with Crippen molar-refractivity contribution >= 4 is 11.5 Å². The van der Waals surface area contributed by atoms with Crippen molar-refractivity contribution in [2.75, 3.05) is 0 Å². The molecule has 3 rings (SSSR count). The molecule has 0 saturated heterocycles. The van der Waals surface area contributed by atoms with E-state index < -0.39 is 0 Å². The van der Waals surface area contributed by atoms with Crippen molar-refractivity contribution in [2.24, 2.45) is 4.99 Å². The molecule has 25 heavy (non-hydrogen) atoms. The quantitative estimate of drug-likeness (QED) is 0.651. The molecule has 0 radical (unpaired) electrons. The minimum Gasteiger partial charge on any atom is -0.268 e. The summed E-state index contributed by atoms with van der Waals surface area (Å²) in [5, 5.41) is 4.45. The van der Waals surface area contributed by atoms with Gasteiger partial charge in [-0.15, -0.1) is 5.10 Å². The molecule has 0 aliphatic rings.